The summed E-state index contributed by atoms with van der Waals surface area (Å²) < 4.78 is 25.3. The maximum absolute atomic E-state index is 13.9. The molecule has 3 aromatic rings. The second-order valence-electron chi connectivity index (χ2n) is 7.66. The van der Waals surface area contributed by atoms with E-state index in [2.05, 4.69) is 5.32 Å². The fraction of sp³-hybridized carbons (Fsp3) is 0.154. The van der Waals surface area contributed by atoms with Crippen molar-refractivity contribution >= 4 is 18.0 Å². The molecule has 0 bridgehead atoms. The molecule has 168 valence electrons. The monoisotopic (exact) mass is 446 g/mol. The highest BCUT2D eigenvalue weighted by Crippen LogP contribution is 2.30. The fourth-order valence-electron chi connectivity index (χ4n) is 3.42. The number of nitrogens with zero attached hydrogens (tertiary/aromatic N) is 1. The zero-order chi connectivity index (χ0) is 23.4. The van der Waals surface area contributed by atoms with Gasteiger partial charge in [0.15, 0.2) is 11.5 Å². The summed E-state index contributed by atoms with van der Waals surface area (Å²) in [5.74, 6) is 0.0584. The number of halogens is 1. The number of hydrogen-bond donors (Lipinski definition) is 1. The van der Waals surface area contributed by atoms with Gasteiger partial charge in [-0.2, -0.15) is 0 Å². The third kappa shape index (κ3) is 5.03. The number of amides is 3. The summed E-state index contributed by atoms with van der Waals surface area (Å²) >= 11 is 0. The summed E-state index contributed by atoms with van der Waals surface area (Å²) in [6, 6.07) is 18.7. The van der Waals surface area contributed by atoms with E-state index in [1.807, 2.05) is 31.2 Å². The van der Waals surface area contributed by atoms with Crippen molar-refractivity contribution in [3.63, 3.8) is 0 Å². The van der Waals surface area contributed by atoms with Crippen LogP contribution in [0.5, 0.6) is 11.5 Å². The average molecular weight is 446 g/mol. The quantitative estimate of drug-likeness (QED) is 0.418. The van der Waals surface area contributed by atoms with Gasteiger partial charge in [0.25, 0.3) is 5.91 Å². The molecule has 0 atom stereocenters. The molecule has 0 spiro atoms. The summed E-state index contributed by atoms with van der Waals surface area (Å²) in [6.07, 6.45) is 1.55. The maximum Gasteiger partial charge on any atom is 0.329 e. The van der Waals surface area contributed by atoms with Crippen LogP contribution in [0.25, 0.3) is 6.08 Å². The smallest absolute Gasteiger partial charge is 0.329 e. The maximum atomic E-state index is 13.9. The van der Waals surface area contributed by atoms with E-state index >= 15 is 0 Å². The molecular weight excluding hydrogens is 423 g/mol. The molecule has 0 aliphatic carbocycles. The van der Waals surface area contributed by atoms with Crippen molar-refractivity contribution in [2.24, 2.45) is 0 Å². The van der Waals surface area contributed by atoms with Crippen molar-refractivity contribution in [3.05, 3.63) is 100 Å². The highest BCUT2D eigenvalue weighted by molar-refractivity contribution is 6.13. The van der Waals surface area contributed by atoms with Crippen LogP contribution in [0, 0.1) is 12.7 Å². The number of carbonyl (C=O) groups is 2. The number of urea groups is 1. The molecule has 4 rings (SSSR count). The zero-order valence-electron chi connectivity index (χ0n) is 18.3. The second kappa shape index (κ2) is 9.56. The molecular formula is C26H23FN2O4. The Morgan fingerprint density at radius 3 is 2.48 bits per heavy atom. The Labute approximate surface area is 191 Å². The number of rotatable bonds is 7. The van der Waals surface area contributed by atoms with Gasteiger partial charge < -0.3 is 14.8 Å². The number of nitrogens with one attached hydrogen (secondary N) is 1. The standard InChI is InChI=1S/C26H23FN2O4/c1-17-7-9-18(10-8-17)16-33-23-12-11-19(14-24(23)32-2)13-22-25(30)29(26(31)28-22)15-20-5-3-4-6-21(20)27/h3-14H,15-16H2,1-2H3,(H,28,31)/b22-13+. The minimum Gasteiger partial charge on any atom is -0.493 e. The van der Waals surface area contributed by atoms with Crippen molar-refractivity contribution in [1.82, 2.24) is 10.2 Å². The molecule has 0 aromatic heterocycles. The number of aryl methyl sites for hydroxylation is 1. The van der Waals surface area contributed by atoms with Crippen molar-refractivity contribution in [1.29, 1.82) is 0 Å². The first-order chi connectivity index (χ1) is 15.9. The van der Waals surface area contributed by atoms with Gasteiger partial charge in [-0.25, -0.2) is 9.18 Å². The van der Waals surface area contributed by atoms with Crippen molar-refractivity contribution in [2.75, 3.05) is 7.11 Å². The zero-order valence-corrected chi connectivity index (χ0v) is 18.3. The van der Waals surface area contributed by atoms with Crippen LogP contribution in [0.15, 0.2) is 72.4 Å². The minimum atomic E-state index is -0.598. The third-order valence-corrected chi connectivity index (χ3v) is 5.26. The number of methoxy groups -OCH3 is 1. The highest BCUT2D eigenvalue weighted by Gasteiger charge is 2.34. The van der Waals surface area contributed by atoms with E-state index in [0.717, 1.165) is 10.5 Å². The van der Waals surface area contributed by atoms with Gasteiger partial charge in [-0.15, -0.1) is 0 Å². The van der Waals surface area contributed by atoms with E-state index in [0.29, 0.717) is 23.7 Å². The van der Waals surface area contributed by atoms with E-state index in [4.69, 9.17) is 9.47 Å². The number of imide groups is 1. The number of carbonyl (C=O) groups excluding carboxylic acids is 2. The largest absolute Gasteiger partial charge is 0.493 e. The molecule has 1 fully saturated rings. The Morgan fingerprint density at radius 2 is 1.76 bits per heavy atom. The summed E-state index contributed by atoms with van der Waals surface area (Å²) in [5.41, 5.74) is 3.22. The van der Waals surface area contributed by atoms with E-state index in [1.54, 1.807) is 36.4 Å². The molecule has 1 saturated heterocycles. The molecule has 3 amide bonds. The van der Waals surface area contributed by atoms with Gasteiger partial charge in [0.05, 0.1) is 13.7 Å². The predicted octanol–water partition coefficient (Wildman–Crippen LogP) is 4.81. The van der Waals surface area contributed by atoms with Crippen LogP contribution in [-0.2, 0) is 17.9 Å². The van der Waals surface area contributed by atoms with Crippen LogP contribution < -0.4 is 14.8 Å². The Kier molecular flexibility index (Phi) is 6.40. The number of hydrogen-bond acceptors (Lipinski definition) is 4. The molecule has 3 aromatic carbocycles. The van der Waals surface area contributed by atoms with Gasteiger partial charge in [0.2, 0.25) is 0 Å². The topological polar surface area (TPSA) is 67.9 Å². The lowest BCUT2D eigenvalue weighted by atomic mass is 10.1. The Hall–Kier alpha value is -4.13. The summed E-state index contributed by atoms with van der Waals surface area (Å²) in [6.45, 7) is 2.26. The van der Waals surface area contributed by atoms with Gasteiger partial charge in [-0.1, -0.05) is 54.1 Å². The Bertz CT molecular complexity index is 1220. The summed E-state index contributed by atoms with van der Waals surface area (Å²) in [7, 11) is 1.53. The Balaban J connectivity index is 1.49. The predicted molar refractivity (Wildman–Crippen MR) is 122 cm³/mol. The molecule has 1 N–H and O–H groups in total. The van der Waals surface area contributed by atoms with Crippen LogP contribution >= 0.6 is 0 Å². The van der Waals surface area contributed by atoms with Crippen LogP contribution in [0.1, 0.15) is 22.3 Å². The summed E-state index contributed by atoms with van der Waals surface area (Å²) in [5, 5.41) is 2.55. The van der Waals surface area contributed by atoms with E-state index in [-0.39, 0.29) is 17.8 Å². The van der Waals surface area contributed by atoms with Crippen molar-refractivity contribution in [2.45, 2.75) is 20.1 Å². The lowest BCUT2D eigenvalue weighted by molar-refractivity contribution is -0.123. The lowest BCUT2D eigenvalue weighted by Crippen LogP contribution is -2.30. The summed E-state index contributed by atoms with van der Waals surface area (Å²) in [4.78, 5) is 26.0. The SMILES string of the molecule is COc1cc(/C=C2/NC(=O)N(Cc3ccccc3F)C2=O)ccc1OCc1ccc(C)cc1. The number of ether oxygens (including phenoxy) is 2. The number of benzene rings is 3. The van der Waals surface area contributed by atoms with Crippen molar-refractivity contribution < 1.29 is 23.5 Å². The molecule has 33 heavy (non-hydrogen) atoms. The van der Waals surface area contributed by atoms with Crippen LogP contribution in [0.2, 0.25) is 0 Å². The molecule has 0 unspecified atom stereocenters. The first-order valence-corrected chi connectivity index (χ1v) is 10.4. The van der Waals surface area contributed by atoms with E-state index in [1.165, 1.54) is 24.8 Å². The lowest BCUT2D eigenvalue weighted by Gasteiger charge is -2.12. The minimum absolute atomic E-state index is 0.103. The van der Waals surface area contributed by atoms with Gasteiger partial charge in [0, 0.05) is 5.56 Å². The van der Waals surface area contributed by atoms with E-state index < -0.39 is 17.8 Å². The molecule has 0 radical (unpaired) electrons. The van der Waals surface area contributed by atoms with E-state index in [9.17, 15) is 14.0 Å². The van der Waals surface area contributed by atoms with Crippen molar-refractivity contribution in [3.8, 4) is 11.5 Å². The molecule has 7 heteroatoms. The fourth-order valence-corrected chi connectivity index (χ4v) is 3.42. The average Bonchev–Trinajstić information content (AvgIpc) is 3.07. The van der Waals surface area contributed by atoms with Crippen LogP contribution in [0.3, 0.4) is 0 Å². The van der Waals surface area contributed by atoms with Gasteiger partial charge in [-0.05, 0) is 42.3 Å². The van der Waals surface area contributed by atoms with Gasteiger partial charge in [0.1, 0.15) is 18.1 Å². The highest BCUT2D eigenvalue weighted by atomic mass is 19.1. The normalized spacial score (nSPS) is 14.5. The first kappa shape index (κ1) is 22.1. The second-order valence-corrected chi connectivity index (χ2v) is 7.66. The van der Waals surface area contributed by atoms with Crippen LogP contribution in [0.4, 0.5) is 9.18 Å². The first-order valence-electron chi connectivity index (χ1n) is 10.4. The molecule has 0 saturated carbocycles. The molecule has 6 nitrogen and oxygen atoms in total. The molecule has 1 heterocycles. The van der Waals surface area contributed by atoms with Crippen LogP contribution in [-0.4, -0.2) is 23.9 Å². The third-order valence-electron chi connectivity index (χ3n) is 5.26. The molecule has 1 aliphatic rings. The van der Waals surface area contributed by atoms with Gasteiger partial charge >= 0.3 is 6.03 Å². The molecule has 1 aliphatic heterocycles. The van der Waals surface area contributed by atoms with Gasteiger partial charge in [-0.3, -0.25) is 9.69 Å². The Morgan fingerprint density at radius 1 is 1.00 bits per heavy atom.